The summed E-state index contributed by atoms with van der Waals surface area (Å²) in [6.45, 7) is 1.96. The summed E-state index contributed by atoms with van der Waals surface area (Å²) in [6.07, 6.45) is 0. The van der Waals surface area contributed by atoms with Crippen LogP contribution in [0.25, 0.3) is 11.0 Å². The number of anilines is 1. The Hall–Kier alpha value is -1.98. The summed E-state index contributed by atoms with van der Waals surface area (Å²) in [4.78, 5) is 15.5. The van der Waals surface area contributed by atoms with Gasteiger partial charge in [0.25, 0.3) is 0 Å². The number of carbonyl (C=O) groups excluding carboxylic acids is 1. The number of halogens is 1. The van der Waals surface area contributed by atoms with E-state index in [-0.39, 0.29) is 5.91 Å². The topological polar surface area (TPSA) is 48.8 Å². The minimum atomic E-state index is -0.0839. The van der Waals surface area contributed by atoms with Gasteiger partial charge in [-0.05, 0) is 48.5 Å². The quantitative estimate of drug-likeness (QED) is 0.559. The predicted molar refractivity (Wildman–Crippen MR) is 95.0 cm³/mol. The first-order valence-corrected chi connectivity index (χ1v) is 8.56. The number of amides is 1. The first-order chi connectivity index (χ1) is 11.0. The van der Waals surface area contributed by atoms with Crippen LogP contribution < -0.4 is 9.88 Å². The van der Waals surface area contributed by atoms with E-state index in [0.29, 0.717) is 16.5 Å². The fourth-order valence-corrected chi connectivity index (χ4v) is 3.45. The summed E-state index contributed by atoms with van der Waals surface area (Å²) in [5, 5.41) is 4.34. The van der Waals surface area contributed by atoms with E-state index in [0.717, 1.165) is 21.8 Å². The molecule has 0 atom stereocenters. The van der Waals surface area contributed by atoms with Crippen LogP contribution >= 0.6 is 23.4 Å². The standard InChI is InChI=1S/C17H16ClN3OS/c1-11-7-8-13(12(18)9-11)19-16(22)10-23-17-20-14-5-3-4-6-15(14)21(17)2/h3-9H,10H2,1-2H3,(H,19,22)/p+1. The SMILES string of the molecule is Cc1ccc(NC(=O)CSc2[nH]c3ccccc3[n+]2C)c(Cl)c1. The Kier molecular flexibility index (Phi) is 4.59. The van der Waals surface area contributed by atoms with E-state index < -0.39 is 0 Å². The van der Waals surface area contributed by atoms with Crippen LogP contribution in [0.1, 0.15) is 5.56 Å². The van der Waals surface area contributed by atoms with Gasteiger partial charge in [0, 0.05) is 0 Å². The van der Waals surface area contributed by atoms with Crippen molar-refractivity contribution in [1.29, 1.82) is 0 Å². The maximum Gasteiger partial charge on any atom is 0.317 e. The number of H-pyrrole nitrogens is 1. The lowest BCUT2D eigenvalue weighted by atomic mass is 10.2. The zero-order valence-corrected chi connectivity index (χ0v) is 14.5. The lowest BCUT2D eigenvalue weighted by Crippen LogP contribution is -2.29. The molecule has 2 N–H and O–H groups in total. The fourth-order valence-electron chi connectivity index (χ4n) is 2.35. The highest BCUT2D eigenvalue weighted by molar-refractivity contribution is 7.99. The zero-order valence-electron chi connectivity index (χ0n) is 12.9. The molecule has 0 unspecified atom stereocenters. The smallest absolute Gasteiger partial charge is 0.317 e. The lowest BCUT2D eigenvalue weighted by Gasteiger charge is -2.06. The molecule has 1 heterocycles. The summed E-state index contributed by atoms with van der Waals surface area (Å²) < 4.78 is 2.05. The van der Waals surface area contributed by atoms with Gasteiger partial charge in [-0.1, -0.05) is 29.8 Å². The molecule has 6 heteroatoms. The second-order valence-corrected chi connectivity index (χ2v) is 6.70. The minimum absolute atomic E-state index is 0.0839. The molecule has 0 aliphatic heterocycles. The number of rotatable bonds is 4. The Bertz CT molecular complexity index is 875. The third kappa shape index (κ3) is 3.51. The second-order valence-electron chi connectivity index (χ2n) is 5.33. The van der Waals surface area contributed by atoms with Gasteiger partial charge >= 0.3 is 5.16 Å². The second kappa shape index (κ2) is 6.64. The zero-order chi connectivity index (χ0) is 16.4. The van der Waals surface area contributed by atoms with Gasteiger partial charge in [-0.15, -0.1) is 0 Å². The lowest BCUT2D eigenvalue weighted by molar-refractivity contribution is -0.683. The van der Waals surface area contributed by atoms with Gasteiger partial charge in [-0.25, -0.2) is 9.55 Å². The third-order valence-corrected chi connectivity index (χ3v) is 4.92. The highest BCUT2D eigenvalue weighted by Gasteiger charge is 2.17. The molecule has 2 aromatic carbocycles. The summed E-state index contributed by atoms with van der Waals surface area (Å²) in [7, 11) is 1.98. The number of hydrogen-bond donors (Lipinski definition) is 2. The molecule has 1 amide bonds. The number of aromatic nitrogens is 2. The first-order valence-electron chi connectivity index (χ1n) is 7.20. The van der Waals surface area contributed by atoms with E-state index in [9.17, 15) is 4.79 Å². The molecular weight excluding hydrogens is 330 g/mol. The maximum atomic E-state index is 12.1. The molecule has 0 aliphatic carbocycles. The Morgan fingerprint density at radius 2 is 2.09 bits per heavy atom. The molecular formula is C17H17ClN3OS+. The molecule has 0 saturated carbocycles. The predicted octanol–water partition coefficient (Wildman–Crippen LogP) is 3.69. The number of para-hydroxylation sites is 2. The number of thioether (sulfide) groups is 1. The van der Waals surface area contributed by atoms with Crippen molar-refractivity contribution in [1.82, 2.24) is 4.98 Å². The fraction of sp³-hybridized carbons (Fsp3) is 0.176. The van der Waals surface area contributed by atoms with Gasteiger partial charge in [0.1, 0.15) is 0 Å². The summed E-state index contributed by atoms with van der Waals surface area (Å²) in [5.74, 6) is 0.227. The molecule has 118 valence electrons. The monoisotopic (exact) mass is 346 g/mol. The van der Waals surface area contributed by atoms with Crippen LogP contribution in [0.15, 0.2) is 47.6 Å². The molecule has 3 aromatic rings. The van der Waals surface area contributed by atoms with Gasteiger partial charge in [0.2, 0.25) is 5.91 Å². The molecule has 0 bridgehead atoms. The Morgan fingerprint density at radius 3 is 2.83 bits per heavy atom. The van der Waals surface area contributed by atoms with Crippen LogP contribution in [-0.4, -0.2) is 16.6 Å². The van der Waals surface area contributed by atoms with Gasteiger partial charge in [-0.2, -0.15) is 0 Å². The number of imidazole rings is 1. The van der Waals surface area contributed by atoms with Crippen LogP contribution in [0.4, 0.5) is 5.69 Å². The van der Waals surface area contributed by atoms with Crippen molar-refractivity contribution in [2.24, 2.45) is 7.05 Å². The number of aryl methyl sites for hydroxylation is 2. The molecule has 23 heavy (non-hydrogen) atoms. The molecule has 0 aliphatic rings. The van der Waals surface area contributed by atoms with Crippen LogP contribution in [0.5, 0.6) is 0 Å². The van der Waals surface area contributed by atoms with Crippen molar-refractivity contribution in [3.63, 3.8) is 0 Å². The molecule has 1 aromatic heterocycles. The van der Waals surface area contributed by atoms with Crippen molar-refractivity contribution < 1.29 is 9.36 Å². The largest absolute Gasteiger partial charge is 0.324 e. The Balaban J connectivity index is 1.67. The maximum absolute atomic E-state index is 12.1. The molecule has 0 radical (unpaired) electrons. The number of nitrogens with one attached hydrogen (secondary N) is 2. The van der Waals surface area contributed by atoms with E-state index in [1.807, 2.05) is 61.0 Å². The number of benzene rings is 2. The van der Waals surface area contributed by atoms with Crippen molar-refractivity contribution in [3.8, 4) is 0 Å². The highest BCUT2D eigenvalue weighted by Crippen LogP contribution is 2.23. The van der Waals surface area contributed by atoms with E-state index in [4.69, 9.17) is 11.6 Å². The van der Waals surface area contributed by atoms with Crippen LogP contribution in [0.3, 0.4) is 0 Å². The third-order valence-electron chi connectivity index (χ3n) is 3.55. The van der Waals surface area contributed by atoms with Crippen molar-refractivity contribution in [2.75, 3.05) is 11.1 Å². The van der Waals surface area contributed by atoms with E-state index >= 15 is 0 Å². The average molecular weight is 347 g/mol. The van der Waals surface area contributed by atoms with Gasteiger partial charge in [0.05, 0.1) is 23.5 Å². The van der Waals surface area contributed by atoms with E-state index in [1.54, 1.807) is 0 Å². The minimum Gasteiger partial charge on any atom is -0.324 e. The van der Waals surface area contributed by atoms with E-state index in [1.165, 1.54) is 11.8 Å². The van der Waals surface area contributed by atoms with Crippen LogP contribution in [-0.2, 0) is 11.8 Å². The average Bonchev–Trinajstić information content (AvgIpc) is 2.85. The normalized spacial score (nSPS) is 10.9. The van der Waals surface area contributed by atoms with Crippen molar-refractivity contribution in [3.05, 3.63) is 53.1 Å². The summed E-state index contributed by atoms with van der Waals surface area (Å²) in [6, 6.07) is 13.6. The highest BCUT2D eigenvalue weighted by atomic mass is 35.5. The Morgan fingerprint density at radius 1 is 1.30 bits per heavy atom. The van der Waals surface area contributed by atoms with Gasteiger partial charge in [-0.3, -0.25) is 4.79 Å². The number of fused-ring (bicyclic) bond motifs is 1. The molecule has 0 saturated heterocycles. The number of nitrogens with zero attached hydrogens (tertiary/aromatic N) is 1. The number of hydrogen-bond acceptors (Lipinski definition) is 2. The number of carbonyl (C=O) groups is 1. The van der Waals surface area contributed by atoms with Crippen LogP contribution in [0, 0.1) is 6.92 Å². The summed E-state index contributed by atoms with van der Waals surface area (Å²) in [5.41, 5.74) is 3.87. The van der Waals surface area contributed by atoms with Gasteiger partial charge < -0.3 is 5.32 Å². The Labute approximate surface area is 143 Å². The van der Waals surface area contributed by atoms with Crippen LogP contribution in [0.2, 0.25) is 5.02 Å². The number of aromatic amines is 1. The molecule has 4 nitrogen and oxygen atoms in total. The molecule has 0 fully saturated rings. The summed E-state index contributed by atoms with van der Waals surface area (Å²) >= 11 is 7.60. The van der Waals surface area contributed by atoms with Gasteiger partial charge in [0.15, 0.2) is 11.0 Å². The van der Waals surface area contributed by atoms with E-state index in [2.05, 4.69) is 10.3 Å². The van der Waals surface area contributed by atoms with Crippen molar-refractivity contribution in [2.45, 2.75) is 12.1 Å². The molecule has 0 spiro atoms. The van der Waals surface area contributed by atoms with Crippen molar-refractivity contribution >= 4 is 46.0 Å². The molecule has 3 rings (SSSR count). The first kappa shape index (κ1) is 15.9.